The fourth-order valence-corrected chi connectivity index (χ4v) is 4.00. The van der Waals surface area contributed by atoms with Crippen LogP contribution < -0.4 is 5.32 Å². The number of rotatable bonds is 2. The highest BCUT2D eigenvalue weighted by molar-refractivity contribution is 8.00. The second kappa shape index (κ2) is 4.33. The summed E-state index contributed by atoms with van der Waals surface area (Å²) < 4.78 is 0. The third-order valence-corrected chi connectivity index (χ3v) is 5.15. The maximum atomic E-state index is 3.70. The van der Waals surface area contributed by atoms with E-state index in [4.69, 9.17) is 0 Å². The van der Waals surface area contributed by atoms with Gasteiger partial charge in [0, 0.05) is 17.0 Å². The second-order valence-corrected chi connectivity index (χ2v) is 6.44. The minimum absolute atomic E-state index is 0.671. The number of thioether (sulfide) groups is 1. The molecule has 2 atom stereocenters. The predicted octanol–water partition coefficient (Wildman–Crippen LogP) is 3.48. The lowest BCUT2D eigenvalue weighted by Crippen LogP contribution is -2.24. The topological polar surface area (TPSA) is 12.0 Å². The molecule has 0 saturated carbocycles. The summed E-state index contributed by atoms with van der Waals surface area (Å²) in [6, 6.07) is 7.62. The van der Waals surface area contributed by atoms with Gasteiger partial charge in [-0.1, -0.05) is 13.0 Å². The molecule has 1 aliphatic heterocycles. The molecule has 1 aliphatic carbocycles. The molecular weight excluding hydrogens is 214 g/mol. The van der Waals surface area contributed by atoms with Gasteiger partial charge in [-0.2, -0.15) is 11.8 Å². The van der Waals surface area contributed by atoms with Crippen molar-refractivity contribution in [2.24, 2.45) is 0 Å². The van der Waals surface area contributed by atoms with E-state index in [2.05, 4.69) is 42.2 Å². The molecule has 2 heteroatoms. The Morgan fingerprint density at radius 3 is 2.94 bits per heavy atom. The molecule has 16 heavy (non-hydrogen) atoms. The number of aryl methyl sites for hydroxylation is 2. The zero-order valence-corrected chi connectivity index (χ0v) is 10.6. The van der Waals surface area contributed by atoms with E-state index in [9.17, 15) is 0 Å². The van der Waals surface area contributed by atoms with Gasteiger partial charge in [0.2, 0.25) is 0 Å². The van der Waals surface area contributed by atoms with Crippen LogP contribution >= 0.6 is 11.8 Å². The standard InChI is InChI=1S/C14H19NS/c1-10-14(7-8-16-10)15-13-6-5-11-3-2-4-12(11)9-13/h5-6,9-10,14-15H,2-4,7-8H2,1H3. The van der Waals surface area contributed by atoms with Gasteiger partial charge in [-0.15, -0.1) is 0 Å². The molecule has 3 rings (SSSR count). The Morgan fingerprint density at radius 2 is 2.12 bits per heavy atom. The average molecular weight is 233 g/mol. The van der Waals surface area contributed by atoms with Crippen molar-refractivity contribution in [3.05, 3.63) is 29.3 Å². The summed E-state index contributed by atoms with van der Waals surface area (Å²) in [6.45, 7) is 2.34. The van der Waals surface area contributed by atoms with E-state index in [1.165, 1.54) is 37.1 Å². The largest absolute Gasteiger partial charge is 0.381 e. The first kappa shape index (κ1) is 10.5. The number of fused-ring (bicyclic) bond motifs is 1. The van der Waals surface area contributed by atoms with Gasteiger partial charge >= 0.3 is 0 Å². The van der Waals surface area contributed by atoms with Crippen LogP contribution in [0.3, 0.4) is 0 Å². The molecule has 1 aromatic carbocycles. The van der Waals surface area contributed by atoms with Crippen molar-refractivity contribution in [3.8, 4) is 0 Å². The first-order valence-electron chi connectivity index (χ1n) is 6.33. The molecule has 0 aromatic heterocycles. The van der Waals surface area contributed by atoms with Crippen LogP contribution in [-0.4, -0.2) is 17.0 Å². The minimum Gasteiger partial charge on any atom is -0.381 e. The van der Waals surface area contributed by atoms with Crippen molar-refractivity contribution in [1.82, 2.24) is 0 Å². The summed E-state index contributed by atoms with van der Waals surface area (Å²) >= 11 is 2.09. The molecule has 2 unspecified atom stereocenters. The van der Waals surface area contributed by atoms with Crippen LogP contribution in [0.2, 0.25) is 0 Å². The Balaban J connectivity index is 1.75. The molecular formula is C14H19NS. The first-order chi connectivity index (χ1) is 7.83. The maximum absolute atomic E-state index is 3.70. The van der Waals surface area contributed by atoms with Gasteiger partial charge in [0.05, 0.1) is 0 Å². The van der Waals surface area contributed by atoms with Crippen LogP contribution in [0.1, 0.15) is 30.9 Å². The highest BCUT2D eigenvalue weighted by atomic mass is 32.2. The van der Waals surface area contributed by atoms with Crippen LogP contribution in [0.25, 0.3) is 0 Å². The maximum Gasteiger partial charge on any atom is 0.0385 e. The summed E-state index contributed by atoms with van der Waals surface area (Å²) in [5, 5.41) is 4.46. The highest BCUT2D eigenvalue weighted by Gasteiger charge is 2.23. The van der Waals surface area contributed by atoms with E-state index in [0.29, 0.717) is 6.04 Å². The highest BCUT2D eigenvalue weighted by Crippen LogP contribution is 2.30. The zero-order valence-electron chi connectivity index (χ0n) is 9.83. The molecule has 0 amide bonds. The van der Waals surface area contributed by atoms with E-state index in [1.807, 2.05) is 0 Å². The van der Waals surface area contributed by atoms with Crippen molar-refractivity contribution in [3.63, 3.8) is 0 Å². The van der Waals surface area contributed by atoms with Gasteiger partial charge in [-0.3, -0.25) is 0 Å². The normalized spacial score (nSPS) is 28.1. The van der Waals surface area contributed by atoms with Crippen molar-refractivity contribution in [2.75, 3.05) is 11.1 Å². The summed E-state index contributed by atoms with van der Waals surface area (Å²) in [5.74, 6) is 1.31. The number of benzene rings is 1. The Labute approximate surface area is 102 Å². The van der Waals surface area contributed by atoms with Gasteiger partial charge in [-0.25, -0.2) is 0 Å². The van der Waals surface area contributed by atoms with E-state index < -0.39 is 0 Å². The summed E-state index contributed by atoms with van der Waals surface area (Å²) in [6.07, 6.45) is 5.21. The van der Waals surface area contributed by atoms with Gasteiger partial charge in [0.1, 0.15) is 0 Å². The summed E-state index contributed by atoms with van der Waals surface area (Å²) in [4.78, 5) is 0. The SMILES string of the molecule is CC1SCCC1Nc1ccc2c(c1)CCC2. The Bertz CT molecular complexity index is 388. The van der Waals surface area contributed by atoms with Crippen LogP contribution in [0.4, 0.5) is 5.69 Å². The van der Waals surface area contributed by atoms with Crippen molar-refractivity contribution < 1.29 is 0 Å². The molecule has 2 aliphatic rings. The van der Waals surface area contributed by atoms with Crippen LogP contribution in [0.5, 0.6) is 0 Å². The molecule has 86 valence electrons. The quantitative estimate of drug-likeness (QED) is 0.839. The number of nitrogens with one attached hydrogen (secondary N) is 1. The predicted molar refractivity (Wildman–Crippen MR) is 72.4 cm³/mol. The smallest absolute Gasteiger partial charge is 0.0385 e. The molecule has 0 bridgehead atoms. The lowest BCUT2D eigenvalue weighted by atomic mass is 10.1. The first-order valence-corrected chi connectivity index (χ1v) is 7.38. The molecule has 1 heterocycles. The van der Waals surface area contributed by atoms with Gasteiger partial charge in [-0.05, 0) is 54.7 Å². The zero-order chi connectivity index (χ0) is 11.0. The van der Waals surface area contributed by atoms with Crippen LogP contribution in [0, 0.1) is 0 Å². The monoisotopic (exact) mass is 233 g/mol. The molecule has 1 saturated heterocycles. The van der Waals surface area contributed by atoms with Crippen LogP contribution in [0.15, 0.2) is 18.2 Å². The van der Waals surface area contributed by atoms with Crippen molar-refractivity contribution >= 4 is 17.4 Å². The Morgan fingerprint density at radius 1 is 1.25 bits per heavy atom. The molecule has 1 fully saturated rings. The second-order valence-electron chi connectivity index (χ2n) is 4.95. The van der Waals surface area contributed by atoms with Crippen LogP contribution in [-0.2, 0) is 12.8 Å². The average Bonchev–Trinajstić information content (AvgIpc) is 2.88. The fourth-order valence-electron chi connectivity index (χ4n) is 2.80. The summed E-state index contributed by atoms with van der Waals surface area (Å²) in [7, 11) is 0. The van der Waals surface area contributed by atoms with Crippen molar-refractivity contribution in [2.45, 2.75) is 43.9 Å². The molecule has 1 N–H and O–H groups in total. The molecule has 0 spiro atoms. The Kier molecular flexibility index (Phi) is 2.84. The molecule has 0 radical (unpaired) electrons. The third-order valence-electron chi connectivity index (χ3n) is 3.83. The van der Waals surface area contributed by atoms with E-state index >= 15 is 0 Å². The van der Waals surface area contributed by atoms with Gasteiger partial charge in [0.15, 0.2) is 0 Å². The lowest BCUT2D eigenvalue weighted by Gasteiger charge is -2.18. The summed E-state index contributed by atoms with van der Waals surface area (Å²) in [5.41, 5.74) is 4.47. The third kappa shape index (κ3) is 1.95. The van der Waals surface area contributed by atoms with Crippen molar-refractivity contribution in [1.29, 1.82) is 0 Å². The van der Waals surface area contributed by atoms with E-state index in [-0.39, 0.29) is 0 Å². The van der Waals surface area contributed by atoms with E-state index in [0.717, 1.165) is 5.25 Å². The van der Waals surface area contributed by atoms with Gasteiger partial charge in [0.25, 0.3) is 0 Å². The minimum atomic E-state index is 0.671. The fraction of sp³-hybridized carbons (Fsp3) is 0.571. The van der Waals surface area contributed by atoms with E-state index in [1.54, 1.807) is 11.1 Å². The Hall–Kier alpha value is -0.630. The number of hydrogen-bond donors (Lipinski definition) is 1. The number of anilines is 1. The number of hydrogen-bond acceptors (Lipinski definition) is 2. The van der Waals surface area contributed by atoms with Gasteiger partial charge < -0.3 is 5.32 Å². The lowest BCUT2D eigenvalue weighted by molar-refractivity contribution is 0.724. The molecule has 1 nitrogen and oxygen atoms in total. The molecule has 1 aromatic rings.